The molecule has 0 bridgehead atoms. The van der Waals surface area contributed by atoms with Crippen LogP contribution in [0.5, 0.6) is 0 Å². The van der Waals surface area contributed by atoms with Crippen LogP contribution in [0.2, 0.25) is 0 Å². The molecule has 28 heavy (non-hydrogen) atoms. The fourth-order valence-corrected chi connectivity index (χ4v) is 3.82. The van der Waals surface area contributed by atoms with E-state index in [1.54, 1.807) is 43.6 Å². The molecule has 1 N–H and O–H groups in total. The lowest BCUT2D eigenvalue weighted by Crippen LogP contribution is -2.47. The van der Waals surface area contributed by atoms with Gasteiger partial charge in [0.2, 0.25) is 5.91 Å². The molecule has 8 heteroatoms. The van der Waals surface area contributed by atoms with Gasteiger partial charge in [-0.15, -0.1) is 11.3 Å². The molecular weight excluding hydrogens is 376 g/mol. The summed E-state index contributed by atoms with van der Waals surface area (Å²) >= 11 is 1.46. The minimum absolute atomic E-state index is 0.211. The van der Waals surface area contributed by atoms with Gasteiger partial charge in [-0.2, -0.15) is 0 Å². The van der Waals surface area contributed by atoms with Crippen molar-refractivity contribution in [2.24, 2.45) is 0 Å². The van der Waals surface area contributed by atoms with E-state index in [1.807, 2.05) is 17.5 Å². The Hall–Kier alpha value is -3.39. The Bertz CT molecular complexity index is 1030. The quantitative estimate of drug-likeness (QED) is 0.674. The normalized spacial score (nSPS) is 14.1. The average Bonchev–Trinajstić information content (AvgIpc) is 3.30. The predicted octanol–water partition coefficient (Wildman–Crippen LogP) is 2.51. The van der Waals surface area contributed by atoms with Gasteiger partial charge in [-0.1, -0.05) is 12.1 Å². The van der Waals surface area contributed by atoms with Gasteiger partial charge < -0.3 is 5.32 Å². The number of benzene rings is 1. The van der Waals surface area contributed by atoms with Crippen molar-refractivity contribution >= 4 is 29.1 Å². The van der Waals surface area contributed by atoms with Crippen LogP contribution >= 0.6 is 11.3 Å². The summed E-state index contributed by atoms with van der Waals surface area (Å²) in [6.45, 7) is 1.75. The van der Waals surface area contributed by atoms with Crippen LogP contribution in [-0.4, -0.2) is 38.6 Å². The van der Waals surface area contributed by atoms with Crippen molar-refractivity contribution in [3.8, 4) is 10.6 Å². The molecule has 0 saturated heterocycles. The molecule has 7 nitrogen and oxygen atoms in total. The Morgan fingerprint density at radius 3 is 2.50 bits per heavy atom. The molecule has 0 fully saturated rings. The number of aromatic nitrogens is 2. The van der Waals surface area contributed by atoms with E-state index in [4.69, 9.17) is 0 Å². The van der Waals surface area contributed by atoms with Crippen molar-refractivity contribution in [3.05, 3.63) is 71.0 Å². The highest BCUT2D eigenvalue weighted by Crippen LogP contribution is 2.25. The zero-order valence-corrected chi connectivity index (χ0v) is 15.8. The van der Waals surface area contributed by atoms with Gasteiger partial charge >= 0.3 is 0 Å². The number of nitrogens with zero attached hydrogens (tertiary/aromatic N) is 3. The summed E-state index contributed by atoms with van der Waals surface area (Å²) in [5, 5.41) is 5.42. The first-order valence-corrected chi connectivity index (χ1v) is 9.53. The summed E-state index contributed by atoms with van der Waals surface area (Å²) in [4.78, 5) is 47.1. The summed E-state index contributed by atoms with van der Waals surface area (Å²) in [5.74, 6) is -1.31. The number of nitrogens with one attached hydrogen (secondary N) is 1. The predicted molar refractivity (Wildman–Crippen MR) is 104 cm³/mol. The monoisotopic (exact) mass is 392 g/mol. The maximum atomic E-state index is 12.5. The third-order valence-corrected chi connectivity index (χ3v) is 5.44. The maximum absolute atomic E-state index is 12.5. The Morgan fingerprint density at radius 2 is 1.86 bits per heavy atom. The van der Waals surface area contributed by atoms with Crippen LogP contribution < -0.4 is 5.32 Å². The average molecular weight is 392 g/mol. The van der Waals surface area contributed by atoms with Crippen molar-refractivity contribution in [1.29, 1.82) is 0 Å². The van der Waals surface area contributed by atoms with Crippen molar-refractivity contribution in [2.75, 3.05) is 0 Å². The number of fused-ring (bicyclic) bond motifs is 1. The maximum Gasteiger partial charge on any atom is 0.262 e. The summed E-state index contributed by atoms with van der Waals surface area (Å²) in [6.07, 6.45) is 3.42. The molecule has 0 saturated carbocycles. The van der Waals surface area contributed by atoms with E-state index in [0.29, 0.717) is 16.8 Å². The lowest BCUT2D eigenvalue weighted by molar-refractivity contribution is -0.124. The third-order valence-electron chi connectivity index (χ3n) is 4.50. The van der Waals surface area contributed by atoms with Crippen LogP contribution in [-0.2, 0) is 11.3 Å². The second-order valence-corrected chi connectivity index (χ2v) is 7.16. The van der Waals surface area contributed by atoms with Gasteiger partial charge in [0.1, 0.15) is 11.0 Å². The Kier molecular flexibility index (Phi) is 4.70. The van der Waals surface area contributed by atoms with E-state index in [2.05, 4.69) is 15.3 Å². The van der Waals surface area contributed by atoms with Gasteiger partial charge in [0.05, 0.1) is 23.4 Å². The number of imide groups is 1. The van der Waals surface area contributed by atoms with Gasteiger partial charge in [-0.25, -0.2) is 4.98 Å². The molecule has 0 aliphatic carbocycles. The van der Waals surface area contributed by atoms with Gasteiger partial charge in [0, 0.05) is 23.3 Å². The molecular formula is C20H16N4O3S. The smallest absolute Gasteiger partial charge is 0.262 e. The van der Waals surface area contributed by atoms with Crippen LogP contribution in [0.3, 0.4) is 0 Å². The van der Waals surface area contributed by atoms with Gasteiger partial charge in [0.25, 0.3) is 11.8 Å². The molecule has 140 valence electrons. The number of thiazole rings is 1. The Balaban J connectivity index is 1.42. The zero-order valence-electron chi connectivity index (χ0n) is 15.0. The molecule has 1 aliphatic heterocycles. The standard InChI is InChI=1S/C20H16N4O3S/c1-12(24-19(26)15-6-2-3-7-16(15)20(24)27)17(25)22-10-14-11-28-18(23-14)13-5-4-8-21-9-13/h2-9,11-12H,10H2,1H3,(H,22,25). The van der Waals surface area contributed by atoms with Crippen LogP contribution in [0.1, 0.15) is 33.3 Å². The minimum Gasteiger partial charge on any atom is -0.349 e. The fourth-order valence-electron chi connectivity index (χ4n) is 3.01. The highest BCUT2D eigenvalue weighted by molar-refractivity contribution is 7.13. The van der Waals surface area contributed by atoms with Gasteiger partial charge in [-0.3, -0.25) is 24.3 Å². The topological polar surface area (TPSA) is 92.3 Å². The number of carbonyl (C=O) groups is 3. The van der Waals surface area contributed by atoms with E-state index >= 15 is 0 Å². The second kappa shape index (κ2) is 7.32. The number of hydrogen-bond donors (Lipinski definition) is 1. The van der Waals surface area contributed by atoms with E-state index in [-0.39, 0.29) is 6.54 Å². The van der Waals surface area contributed by atoms with Crippen LogP contribution in [0.25, 0.3) is 10.6 Å². The Morgan fingerprint density at radius 1 is 1.14 bits per heavy atom. The van der Waals surface area contributed by atoms with Crippen molar-refractivity contribution in [1.82, 2.24) is 20.2 Å². The van der Waals surface area contributed by atoms with E-state index in [9.17, 15) is 14.4 Å². The molecule has 1 unspecified atom stereocenters. The van der Waals surface area contributed by atoms with E-state index < -0.39 is 23.8 Å². The van der Waals surface area contributed by atoms with Gasteiger partial charge in [-0.05, 0) is 31.2 Å². The first-order valence-electron chi connectivity index (χ1n) is 8.65. The highest BCUT2D eigenvalue weighted by Gasteiger charge is 2.40. The summed E-state index contributed by atoms with van der Waals surface area (Å²) < 4.78 is 0. The van der Waals surface area contributed by atoms with E-state index in [1.165, 1.54) is 11.3 Å². The molecule has 3 heterocycles. The number of amides is 3. The highest BCUT2D eigenvalue weighted by atomic mass is 32.1. The minimum atomic E-state index is -0.913. The second-order valence-electron chi connectivity index (χ2n) is 6.31. The van der Waals surface area contributed by atoms with Crippen molar-refractivity contribution < 1.29 is 14.4 Å². The summed E-state index contributed by atoms with van der Waals surface area (Å²) in [5.41, 5.74) is 2.26. The first kappa shape index (κ1) is 18.0. The van der Waals surface area contributed by atoms with E-state index in [0.717, 1.165) is 15.5 Å². The number of pyridine rings is 1. The van der Waals surface area contributed by atoms with Crippen molar-refractivity contribution in [3.63, 3.8) is 0 Å². The van der Waals surface area contributed by atoms with Crippen LogP contribution in [0.15, 0.2) is 54.2 Å². The molecule has 1 atom stereocenters. The molecule has 4 rings (SSSR count). The fraction of sp³-hybridized carbons (Fsp3) is 0.150. The van der Waals surface area contributed by atoms with Gasteiger partial charge in [0.15, 0.2) is 0 Å². The van der Waals surface area contributed by atoms with Crippen LogP contribution in [0.4, 0.5) is 0 Å². The molecule has 2 aromatic heterocycles. The molecule has 3 aromatic rings. The molecule has 0 spiro atoms. The van der Waals surface area contributed by atoms with Crippen LogP contribution in [0, 0.1) is 0 Å². The molecule has 3 amide bonds. The SMILES string of the molecule is CC(C(=O)NCc1csc(-c2cccnc2)n1)N1C(=O)c2ccccc2C1=O. The molecule has 1 aliphatic rings. The number of carbonyl (C=O) groups excluding carboxylic acids is 3. The summed E-state index contributed by atoms with van der Waals surface area (Å²) in [6, 6.07) is 9.41. The summed E-state index contributed by atoms with van der Waals surface area (Å²) in [7, 11) is 0. The first-order chi connectivity index (χ1) is 13.6. The lowest BCUT2D eigenvalue weighted by atomic mass is 10.1. The van der Waals surface area contributed by atoms with Crippen molar-refractivity contribution in [2.45, 2.75) is 19.5 Å². The number of hydrogen-bond acceptors (Lipinski definition) is 6. The Labute approximate surface area is 165 Å². The molecule has 0 radical (unpaired) electrons. The zero-order chi connectivity index (χ0) is 19.7. The molecule has 1 aromatic carbocycles. The largest absolute Gasteiger partial charge is 0.349 e. The third kappa shape index (κ3) is 3.18. The lowest BCUT2D eigenvalue weighted by Gasteiger charge is -2.21. The number of rotatable bonds is 5.